The molecule has 1 heterocycles. The lowest BCUT2D eigenvalue weighted by atomic mass is 9.85. The zero-order valence-electron chi connectivity index (χ0n) is 15.9. The highest BCUT2D eigenvalue weighted by atomic mass is 16.5. The van der Waals surface area contributed by atoms with E-state index in [-0.39, 0.29) is 17.4 Å². The third-order valence-corrected chi connectivity index (χ3v) is 4.82. The van der Waals surface area contributed by atoms with E-state index in [9.17, 15) is 9.59 Å². The molecule has 2 rings (SSSR count). The van der Waals surface area contributed by atoms with Gasteiger partial charge in [-0.3, -0.25) is 4.79 Å². The summed E-state index contributed by atoms with van der Waals surface area (Å²) in [6.07, 6.45) is 2.68. The number of nitrogens with one attached hydrogen (secondary N) is 2. The summed E-state index contributed by atoms with van der Waals surface area (Å²) in [7, 11) is 4.27. The summed E-state index contributed by atoms with van der Waals surface area (Å²) < 4.78 is 15.4. The van der Waals surface area contributed by atoms with Gasteiger partial charge in [0.2, 0.25) is 5.91 Å². The summed E-state index contributed by atoms with van der Waals surface area (Å²) in [4.78, 5) is 24.4. The number of ether oxygens (including phenoxy) is 3. The SMILES string of the molecule is COC(=O)c1cc(NC(=O)CC(C)C2CCCNC2)c(OC)c(OC)c1. The number of hydrogen-bond donors (Lipinski definition) is 2. The lowest BCUT2D eigenvalue weighted by Crippen LogP contribution is -2.34. The van der Waals surface area contributed by atoms with Gasteiger partial charge in [0, 0.05) is 6.42 Å². The molecule has 0 radical (unpaired) electrons. The van der Waals surface area contributed by atoms with Crippen molar-refractivity contribution in [2.75, 3.05) is 39.7 Å². The average Bonchev–Trinajstić information content (AvgIpc) is 2.67. The van der Waals surface area contributed by atoms with Crippen LogP contribution in [0.25, 0.3) is 0 Å². The van der Waals surface area contributed by atoms with Gasteiger partial charge in [-0.15, -0.1) is 0 Å². The maximum absolute atomic E-state index is 12.5. The number of benzene rings is 1. The molecule has 1 aromatic rings. The number of anilines is 1. The first-order valence-electron chi connectivity index (χ1n) is 8.85. The number of carbonyl (C=O) groups is 2. The topological polar surface area (TPSA) is 85.9 Å². The van der Waals surface area contributed by atoms with Crippen LogP contribution in [0.5, 0.6) is 11.5 Å². The van der Waals surface area contributed by atoms with E-state index in [1.165, 1.54) is 33.5 Å². The fourth-order valence-electron chi connectivity index (χ4n) is 3.32. The summed E-state index contributed by atoms with van der Waals surface area (Å²) >= 11 is 0. The van der Waals surface area contributed by atoms with Crippen LogP contribution in [-0.2, 0) is 9.53 Å². The van der Waals surface area contributed by atoms with Gasteiger partial charge >= 0.3 is 5.97 Å². The van der Waals surface area contributed by atoms with Crippen molar-refractivity contribution in [1.82, 2.24) is 5.32 Å². The van der Waals surface area contributed by atoms with Crippen LogP contribution in [0.3, 0.4) is 0 Å². The van der Waals surface area contributed by atoms with Crippen molar-refractivity contribution in [1.29, 1.82) is 0 Å². The summed E-state index contributed by atoms with van der Waals surface area (Å²) in [5.74, 6) is 0.857. The molecule has 0 aliphatic carbocycles. The van der Waals surface area contributed by atoms with Gasteiger partial charge in [-0.2, -0.15) is 0 Å². The van der Waals surface area contributed by atoms with Gasteiger partial charge in [-0.25, -0.2) is 4.79 Å². The number of esters is 1. The fraction of sp³-hybridized carbons (Fsp3) is 0.579. The molecule has 0 aromatic heterocycles. The molecule has 0 spiro atoms. The van der Waals surface area contributed by atoms with Crippen LogP contribution in [0.15, 0.2) is 12.1 Å². The third-order valence-electron chi connectivity index (χ3n) is 4.82. The standard InChI is InChI=1S/C19H28N2O5/c1-12(13-6-5-7-20-11-13)8-17(22)21-15-9-14(19(23)26-4)10-16(24-2)18(15)25-3/h9-10,12-13,20H,5-8,11H2,1-4H3,(H,21,22). The summed E-state index contributed by atoms with van der Waals surface area (Å²) in [6, 6.07) is 3.06. The predicted octanol–water partition coefficient (Wildman–Crippen LogP) is 2.45. The minimum Gasteiger partial charge on any atom is -0.493 e. The van der Waals surface area contributed by atoms with Gasteiger partial charge < -0.3 is 24.8 Å². The number of piperidine rings is 1. The van der Waals surface area contributed by atoms with Crippen molar-refractivity contribution >= 4 is 17.6 Å². The molecule has 7 heteroatoms. The van der Waals surface area contributed by atoms with Gasteiger partial charge in [-0.05, 0) is 49.9 Å². The van der Waals surface area contributed by atoms with Gasteiger partial charge in [0.15, 0.2) is 11.5 Å². The molecule has 1 aliphatic heterocycles. The van der Waals surface area contributed by atoms with Crippen molar-refractivity contribution in [3.05, 3.63) is 17.7 Å². The Bertz CT molecular complexity index is 641. The normalized spacial score (nSPS) is 17.9. The van der Waals surface area contributed by atoms with Crippen LogP contribution in [0, 0.1) is 11.8 Å². The maximum atomic E-state index is 12.5. The van der Waals surface area contributed by atoms with E-state index >= 15 is 0 Å². The summed E-state index contributed by atoms with van der Waals surface area (Å²) in [6.45, 7) is 4.09. The van der Waals surface area contributed by atoms with Gasteiger partial charge in [-0.1, -0.05) is 6.92 Å². The van der Waals surface area contributed by atoms with Gasteiger partial charge in [0.1, 0.15) is 0 Å². The minimum atomic E-state index is -0.511. The van der Waals surface area contributed by atoms with Crippen LogP contribution in [0.1, 0.15) is 36.5 Å². The quantitative estimate of drug-likeness (QED) is 0.723. The molecule has 0 bridgehead atoms. The van der Waals surface area contributed by atoms with Crippen molar-refractivity contribution in [3.8, 4) is 11.5 Å². The van der Waals surface area contributed by atoms with Crippen molar-refractivity contribution in [2.45, 2.75) is 26.2 Å². The third kappa shape index (κ3) is 4.88. The van der Waals surface area contributed by atoms with Crippen LogP contribution in [0.4, 0.5) is 5.69 Å². The molecule has 1 amide bonds. The molecule has 1 fully saturated rings. The van der Waals surface area contributed by atoms with Crippen LogP contribution in [0.2, 0.25) is 0 Å². The molecule has 2 N–H and O–H groups in total. The zero-order valence-corrected chi connectivity index (χ0v) is 15.9. The zero-order chi connectivity index (χ0) is 19.1. The predicted molar refractivity (Wildman–Crippen MR) is 98.9 cm³/mol. The molecule has 2 unspecified atom stereocenters. The van der Waals surface area contributed by atoms with Crippen LogP contribution >= 0.6 is 0 Å². The van der Waals surface area contributed by atoms with E-state index in [1.54, 1.807) is 0 Å². The Morgan fingerprint density at radius 3 is 2.62 bits per heavy atom. The number of rotatable bonds is 7. The Morgan fingerprint density at radius 1 is 1.27 bits per heavy atom. The highest BCUT2D eigenvalue weighted by Crippen LogP contribution is 2.37. The van der Waals surface area contributed by atoms with Crippen LogP contribution < -0.4 is 20.1 Å². The Kier molecular flexibility index (Phi) is 7.26. The molecule has 1 aliphatic rings. The molecule has 7 nitrogen and oxygen atoms in total. The van der Waals surface area contributed by atoms with Gasteiger partial charge in [0.05, 0.1) is 32.6 Å². The molecule has 26 heavy (non-hydrogen) atoms. The second-order valence-corrected chi connectivity index (χ2v) is 6.59. The van der Waals surface area contributed by atoms with E-state index in [2.05, 4.69) is 17.6 Å². The number of amides is 1. The van der Waals surface area contributed by atoms with E-state index < -0.39 is 5.97 Å². The summed E-state index contributed by atoms with van der Waals surface area (Å²) in [5, 5.41) is 6.23. The largest absolute Gasteiger partial charge is 0.493 e. The van der Waals surface area contributed by atoms with Crippen molar-refractivity contribution < 1.29 is 23.8 Å². The smallest absolute Gasteiger partial charge is 0.338 e. The van der Waals surface area contributed by atoms with Crippen LogP contribution in [-0.4, -0.2) is 46.3 Å². The lowest BCUT2D eigenvalue weighted by molar-refractivity contribution is -0.117. The maximum Gasteiger partial charge on any atom is 0.338 e. The molecule has 0 saturated carbocycles. The van der Waals surface area contributed by atoms with Crippen molar-refractivity contribution in [3.63, 3.8) is 0 Å². The Balaban J connectivity index is 2.15. The molecule has 1 saturated heterocycles. The molecule has 2 atom stereocenters. The lowest BCUT2D eigenvalue weighted by Gasteiger charge is -2.28. The number of hydrogen-bond acceptors (Lipinski definition) is 6. The number of carbonyl (C=O) groups excluding carboxylic acids is 2. The first-order chi connectivity index (χ1) is 12.5. The Labute approximate surface area is 154 Å². The van der Waals surface area contributed by atoms with E-state index in [1.807, 2.05) is 0 Å². The second kappa shape index (κ2) is 9.43. The fourth-order valence-corrected chi connectivity index (χ4v) is 3.32. The average molecular weight is 364 g/mol. The molecular weight excluding hydrogens is 336 g/mol. The van der Waals surface area contributed by atoms with E-state index in [0.717, 1.165) is 25.9 Å². The molecule has 1 aromatic carbocycles. The van der Waals surface area contributed by atoms with E-state index in [0.29, 0.717) is 29.5 Å². The number of methoxy groups -OCH3 is 3. The monoisotopic (exact) mass is 364 g/mol. The minimum absolute atomic E-state index is 0.120. The molecular formula is C19H28N2O5. The first-order valence-corrected chi connectivity index (χ1v) is 8.85. The van der Waals surface area contributed by atoms with Crippen molar-refractivity contribution in [2.24, 2.45) is 11.8 Å². The summed E-state index contributed by atoms with van der Waals surface area (Å²) in [5.41, 5.74) is 0.677. The Morgan fingerprint density at radius 2 is 2.04 bits per heavy atom. The van der Waals surface area contributed by atoms with E-state index in [4.69, 9.17) is 14.2 Å². The van der Waals surface area contributed by atoms with Gasteiger partial charge in [0.25, 0.3) is 0 Å². The molecule has 144 valence electrons. The first kappa shape index (κ1) is 20.0. The second-order valence-electron chi connectivity index (χ2n) is 6.59. The highest BCUT2D eigenvalue weighted by Gasteiger charge is 2.23. The Hall–Kier alpha value is -2.28. The highest BCUT2D eigenvalue weighted by molar-refractivity contribution is 5.97.